The molecule has 2 unspecified atom stereocenters. The number of carbonyl (C=O) groups is 1. The first-order chi connectivity index (χ1) is 15.2. The number of amides is 1. The van der Waals surface area contributed by atoms with Gasteiger partial charge in [0, 0.05) is 21.8 Å². The molecule has 0 radical (unpaired) electrons. The SMILES string of the molecule is O=C1C(Cl)C(c2ccccc2)N1c1nnc(Cn2c3ccccc3c3ccccc32)s1. The topological polar surface area (TPSA) is 51.0 Å². The monoisotopic (exact) mass is 444 g/mol. The predicted molar refractivity (Wildman–Crippen MR) is 125 cm³/mol. The van der Waals surface area contributed by atoms with E-state index in [1.807, 2.05) is 42.5 Å². The van der Waals surface area contributed by atoms with Crippen molar-refractivity contribution in [3.05, 3.63) is 89.4 Å². The Morgan fingerprint density at radius 2 is 1.45 bits per heavy atom. The first-order valence-electron chi connectivity index (χ1n) is 10.0. The molecule has 0 saturated carbocycles. The highest BCUT2D eigenvalue weighted by molar-refractivity contribution is 7.15. The molecule has 3 aromatic carbocycles. The molecule has 2 atom stereocenters. The minimum Gasteiger partial charge on any atom is -0.333 e. The van der Waals surface area contributed by atoms with E-state index in [4.69, 9.17) is 11.6 Å². The number of β-lactam (4-membered cyclic amide) rings is 1. The van der Waals surface area contributed by atoms with Gasteiger partial charge in [0.25, 0.3) is 0 Å². The van der Waals surface area contributed by atoms with Crippen molar-refractivity contribution >= 4 is 55.8 Å². The largest absolute Gasteiger partial charge is 0.333 e. The number of alkyl halides is 1. The molecule has 7 heteroatoms. The summed E-state index contributed by atoms with van der Waals surface area (Å²) in [6.07, 6.45) is 0. The average Bonchev–Trinajstić information content (AvgIpc) is 3.40. The highest BCUT2D eigenvalue weighted by atomic mass is 35.5. The molecule has 0 bridgehead atoms. The lowest BCUT2D eigenvalue weighted by Gasteiger charge is -2.42. The van der Waals surface area contributed by atoms with Crippen molar-refractivity contribution in [3.8, 4) is 0 Å². The van der Waals surface area contributed by atoms with Crippen LogP contribution >= 0.6 is 22.9 Å². The van der Waals surface area contributed by atoms with Gasteiger partial charge in [-0.3, -0.25) is 9.69 Å². The van der Waals surface area contributed by atoms with Gasteiger partial charge in [-0.2, -0.15) is 0 Å². The number of hydrogen-bond donors (Lipinski definition) is 0. The number of para-hydroxylation sites is 2. The Kier molecular flexibility index (Phi) is 4.30. The Balaban J connectivity index is 1.36. The van der Waals surface area contributed by atoms with Crippen LogP contribution < -0.4 is 4.90 Å². The van der Waals surface area contributed by atoms with Crippen LogP contribution in [-0.2, 0) is 11.3 Å². The summed E-state index contributed by atoms with van der Waals surface area (Å²) in [6, 6.07) is 26.4. The van der Waals surface area contributed by atoms with Gasteiger partial charge in [0.1, 0.15) is 10.4 Å². The summed E-state index contributed by atoms with van der Waals surface area (Å²) in [6.45, 7) is 0.591. The molecule has 1 fully saturated rings. The van der Waals surface area contributed by atoms with E-state index in [-0.39, 0.29) is 11.9 Å². The van der Waals surface area contributed by atoms with E-state index >= 15 is 0 Å². The van der Waals surface area contributed by atoms with Gasteiger partial charge in [-0.05, 0) is 17.7 Å². The molecule has 0 spiro atoms. The lowest BCUT2D eigenvalue weighted by Crippen LogP contribution is -2.56. The Labute approximate surface area is 187 Å². The minimum atomic E-state index is -0.577. The van der Waals surface area contributed by atoms with Crippen LogP contribution in [-0.4, -0.2) is 26.0 Å². The summed E-state index contributed by atoms with van der Waals surface area (Å²) < 4.78 is 2.26. The number of hydrogen-bond acceptors (Lipinski definition) is 4. The van der Waals surface area contributed by atoms with Crippen LogP contribution in [0.5, 0.6) is 0 Å². The average molecular weight is 445 g/mol. The van der Waals surface area contributed by atoms with E-state index in [1.54, 1.807) is 4.90 Å². The summed E-state index contributed by atoms with van der Waals surface area (Å²) in [4.78, 5) is 14.2. The van der Waals surface area contributed by atoms with Gasteiger partial charge in [-0.15, -0.1) is 21.8 Å². The molecule has 0 aliphatic carbocycles. The second-order valence-corrected chi connectivity index (χ2v) is 9.08. The van der Waals surface area contributed by atoms with Gasteiger partial charge in [0.2, 0.25) is 11.0 Å². The van der Waals surface area contributed by atoms with Crippen LogP contribution in [0.25, 0.3) is 21.8 Å². The predicted octanol–water partition coefficient (Wildman–Crippen LogP) is 5.39. The van der Waals surface area contributed by atoms with Gasteiger partial charge in [0.15, 0.2) is 0 Å². The molecule has 1 amide bonds. The smallest absolute Gasteiger partial charge is 0.250 e. The fourth-order valence-corrected chi connectivity index (χ4v) is 5.58. The molecule has 1 saturated heterocycles. The highest BCUT2D eigenvalue weighted by Crippen LogP contribution is 2.43. The third kappa shape index (κ3) is 2.86. The summed E-state index contributed by atoms with van der Waals surface area (Å²) >= 11 is 7.80. The van der Waals surface area contributed by atoms with Crippen LogP contribution in [0.4, 0.5) is 5.13 Å². The summed E-state index contributed by atoms with van der Waals surface area (Å²) in [5.74, 6) is -0.130. The Morgan fingerprint density at radius 3 is 2.13 bits per heavy atom. The first-order valence-corrected chi connectivity index (χ1v) is 11.3. The normalized spacial score (nSPS) is 18.6. The van der Waals surface area contributed by atoms with Crippen molar-refractivity contribution in [2.45, 2.75) is 18.0 Å². The van der Waals surface area contributed by atoms with E-state index in [0.717, 1.165) is 21.6 Å². The molecular weight excluding hydrogens is 428 g/mol. The maximum atomic E-state index is 12.5. The molecule has 5 aromatic rings. The van der Waals surface area contributed by atoms with Crippen molar-refractivity contribution in [2.24, 2.45) is 0 Å². The lowest BCUT2D eigenvalue weighted by atomic mass is 9.94. The molecule has 0 N–H and O–H groups in total. The van der Waals surface area contributed by atoms with Crippen molar-refractivity contribution in [3.63, 3.8) is 0 Å². The molecule has 1 aliphatic rings. The van der Waals surface area contributed by atoms with Crippen molar-refractivity contribution < 1.29 is 4.79 Å². The second kappa shape index (κ2) is 7.18. The zero-order valence-corrected chi connectivity index (χ0v) is 17.9. The molecular formula is C24H17ClN4OS. The van der Waals surface area contributed by atoms with Crippen molar-refractivity contribution in [1.82, 2.24) is 14.8 Å². The molecule has 6 rings (SSSR count). The second-order valence-electron chi connectivity index (χ2n) is 7.56. The number of fused-ring (bicyclic) bond motifs is 3. The number of halogens is 1. The van der Waals surface area contributed by atoms with Crippen molar-refractivity contribution in [1.29, 1.82) is 0 Å². The highest BCUT2D eigenvalue weighted by Gasteiger charge is 2.49. The zero-order chi connectivity index (χ0) is 20.9. The maximum Gasteiger partial charge on any atom is 0.250 e. The Hall–Kier alpha value is -3.22. The van der Waals surface area contributed by atoms with Gasteiger partial charge in [-0.25, -0.2) is 0 Å². The molecule has 2 aromatic heterocycles. The summed E-state index contributed by atoms with van der Waals surface area (Å²) in [7, 11) is 0. The van der Waals surface area contributed by atoms with Gasteiger partial charge in [0.05, 0.1) is 12.6 Å². The molecule has 31 heavy (non-hydrogen) atoms. The van der Waals surface area contributed by atoms with Crippen LogP contribution in [0.15, 0.2) is 78.9 Å². The Morgan fingerprint density at radius 1 is 0.839 bits per heavy atom. The Bertz CT molecular complexity index is 1370. The third-order valence-electron chi connectivity index (χ3n) is 5.81. The van der Waals surface area contributed by atoms with Crippen LogP contribution in [0.2, 0.25) is 0 Å². The molecule has 3 heterocycles. The quantitative estimate of drug-likeness (QED) is 0.276. The maximum absolute atomic E-state index is 12.5. The number of carbonyl (C=O) groups excluding carboxylic acids is 1. The molecule has 5 nitrogen and oxygen atoms in total. The number of anilines is 1. The van der Waals surface area contributed by atoms with E-state index in [0.29, 0.717) is 11.7 Å². The molecule has 1 aliphatic heterocycles. The number of aromatic nitrogens is 3. The third-order valence-corrected chi connectivity index (χ3v) is 7.14. The lowest BCUT2D eigenvalue weighted by molar-refractivity contribution is -0.123. The van der Waals surface area contributed by atoms with Gasteiger partial charge >= 0.3 is 0 Å². The first kappa shape index (κ1) is 18.5. The van der Waals surface area contributed by atoms with Crippen LogP contribution in [0.3, 0.4) is 0 Å². The van der Waals surface area contributed by atoms with E-state index in [1.165, 1.54) is 22.1 Å². The van der Waals surface area contributed by atoms with Crippen molar-refractivity contribution in [2.75, 3.05) is 4.90 Å². The van der Waals surface area contributed by atoms with E-state index in [9.17, 15) is 4.79 Å². The minimum absolute atomic E-state index is 0.130. The standard InChI is InChI=1S/C24H17ClN4OS/c25-21-22(15-8-2-1-3-9-15)29(23(21)30)24-27-26-20(31-24)14-28-18-12-6-4-10-16(18)17-11-5-7-13-19(17)28/h1-13,21-22H,14H2. The molecule has 152 valence electrons. The van der Waals surface area contributed by atoms with Crippen LogP contribution in [0.1, 0.15) is 16.6 Å². The number of rotatable bonds is 4. The van der Waals surface area contributed by atoms with E-state index in [2.05, 4.69) is 51.2 Å². The van der Waals surface area contributed by atoms with Crippen LogP contribution in [0, 0.1) is 0 Å². The summed E-state index contributed by atoms with van der Waals surface area (Å²) in [5.41, 5.74) is 3.31. The fourth-order valence-electron chi connectivity index (χ4n) is 4.35. The zero-order valence-electron chi connectivity index (χ0n) is 16.4. The van der Waals surface area contributed by atoms with Gasteiger partial charge in [-0.1, -0.05) is 78.1 Å². The summed E-state index contributed by atoms with van der Waals surface area (Å²) in [5, 5.41) is 12.0. The number of nitrogens with zero attached hydrogens (tertiary/aromatic N) is 4. The number of benzene rings is 3. The van der Waals surface area contributed by atoms with Gasteiger partial charge < -0.3 is 4.57 Å². The van der Waals surface area contributed by atoms with E-state index < -0.39 is 5.38 Å². The fraction of sp³-hybridized carbons (Fsp3) is 0.125.